The number of rotatable bonds is 7. The number of piperazine rings is 1. The molecule has 0 saturated carbocycles. The van der Waals surface area contributed by atoms with Crippen molar-refractivity contribution in [1.82, 2.24) is 14.7 Å². The molecule has 0 spiro atoms. The van der Waals surface area contributed by atoms with Crippen LogP contribution in [0.4, 0.5) is 0 Å². The number of hydrogen-bond acceptors (Lipinski definition) is 4. The number of aryl methyl sites for hydroxylation is 1. The van der Waals surface area contributed by atoms with Crippen LogP contribution >= 0.6 is 0 Å². The van der Waals surface area contributed by atoms with E-state index in [-0.39, 0.29) is 0 Å². The molecule has 0 bridgehead atoms. The summed E-state index contributed by atoms with van der Waals surface area (Å²) >= 11 is 0. The maximum absolute atomic E-state index is 5.64. The molecule has 0 atom stereocenters. The number of likely N-dealkylation sites (tertiary alicyclic amines) is 1. The smallest absolute Gasteiger partial charge is 0.123 e. The van der Waals surface area contributed by atoms with E-state index in [1.807, 2.05) is 0 Å². The molecule has 2 aliphatic heterocycles. The molecule has 2 aliphatic rings. The van der Waals surface area contributed by atoms with Crippen LogP contribution in [0, 0.1) is 0 Å². The van der Waals surface area contributed by atoms with Crippen LogP contribution in [-0.4, -0.2) is 74.7 Å². The predicted molar refractivity (Wildman–Crippen MR) is 109 cm³/mol. The fourth-order valence-electron chi connectivity index (χ4n) is 4.22. The molecular formula is C22H37N3O. The highest BCUT2D eigenvalue weighted by Gasteiger charge is 2.14. The second kappa shape index (κ2) is 10.3. The molecule has 2 saturated heterocycles. The highest BCUT2D eigenvalue weighted by molar-refractivity contribution is 5.37. The van der Waals surface area contributed by atoms with Crippen molar-refractivity contribution >= 4 is 0 Å². The Hall–Kier alpha value is -1.10. The average molecular weight is 360 g/mol. The van der Waals surface area contributed by atoms with E-state index in [1.165, 1.54) is 95.5 Å². The van der Waals surface area contributed by atoms with Crippen molar-refractivity contribution < 1.29 is 4.74 Å². The van der Waals surface area contributed by atoms with Crippen molar-refractivity contribution in [3.63, 3.8) is 0 Å². The molecule has 26 heavy (non-hydrogen) atoms. The minimum atomic E-state index is 1.04. The van der Waals surface area contributed by atoms with Gasteiger partial charge in [0.25, 0.3) is 0 Å². The molecule has 0 radical (unpaired) electrons. The van der Waals surface area contributed by atoms with Gasteiger partial charge in [0.05, 0.1) is 7.11 Å². The lowest BCUT2D eigenvalue weighted by atomic mass is 10.0. The standard InChI is InChI=1S/C22H37N3O/c1-23-14-16-24(17-15-23)13-7-8-20-9-10-22(26-2)21(18-20)19-25-11-5-3-4-6-12-25/h9-10,18H,3-8,11-17,19H2,1-2H3. The van der Waals surface area contributed by atoms with Gasteiger partial charge in [-0.25, -0.2) is 0 Å². The van der Waals surface area contributed by atoms with Gasteiger partial charge in [-0.3, -0.25) is 4.90 Å². The summed E-state index contributed by atoms with van der Waals surface area (Å²) in [6, 6.07) is 6.83. The van der Waals surface area contributed by atoms with Gasteiger partial charge in [0, 0.05) is 38.3 Å². The summed E-state index contributed by atoms with van der Waals surface area (Å²) in [6.45, 7) is 9.59. The van der Waals surface area contributed by atoms with E-state index in [0.717, 1.165) is 12.3 Å². The van der Waals surface area contributed by atoms with Crippen molar-refractivity contribution in [2.24, 2.45) is 0 Å². The summed E-state index contributed by atoms with van der Waals surface area (Å²) in [4.78, 5) is 7.65. The van der Waals surface area contributed by atoms with Crippen LogP contribution in [0.3, 0.4) is 0 Å². The third-order valence-corrected chi connectivity index (χ3v) is 5.97. The molecular weight excluding hydrogens is 322 g/mol. The number of nitrogens with zero attached hydrogens (tertiary/aromatic N) is 3. The van der Waals surface area contributed by atoms with Crippen LogP contribution in [-0.2, 0) is 13.0 Å². The Morgan fingerprint density at radius 2 is 1.62 bits per heavy atom. The van der Waals surface area contributed by atoms with Crippen molar-refractivity contribution in [3.8, 4) is 5.75 Å². The maximum Gasteiger partial charge on any atom is 0.123 e. The molecule has 1 aromatic carbocycles. The Kier molecular flexibility index (Phi) is 7.78. The fraction of sp³-hybridized carbons (Fsp3) is 0.727. The molecule has 2 heterocycles. The summed E-state index contributed by atoms with van der Waals surface area (Å²) in [5.74, 6) is 1.05. The van der Waals surface area contributed by atoms with Gasteiger partial charge in [-0.1, -0.05) is 25.0 Å². The zero-order valence-corrected chi connectivity index (χ0v) is 16.9. The first kappa shape index (κ1) is 19.7. The molecule has 4 heteroatoms. The van der Waals surface area contributed by atoms with E-state index < -0.39 is 0 Å². The fourth-order valence-corrected chi connectivity index (χ4v) is 4.22. The third kappa shape index (κ3) is 5.97. The van der Waals surface area contributed by atoms with Crippen molar-refractivity contribution in [1.29, 1.82) is 0 Å². The Bertz CT molecular complexity index is 532. The number of benzene rings is 1. The lowest BCUT2D eigenvalue weighted by molar-refractivity contribution is 0.153. The van der Waals surface area contributed by atoms with Gasteiger partial charge in [-0.15, -0.1) is 0 Å². The average Bonchev–Trinajstić information content (AvgIpc) is 2.92. The van der Waals surface area contributed by atoms with E-state index in [1.54, 1.807) is 7.11 Å². The monoisotopic (exact) mass is 359 g/mol. The van der Waals surface area contributed by atoms with Gasteiger partial charge in [0.15, 0.2) is 0 Å². The summed E-state index contributed by atoms with van der Waals surface area (Å²) in [6.07, 6.45) is 7.88. The Labute approximate surface area is 160 Å². The van der Waals surface area contributed by atoms with E-state index in [0.29, 0.717) is 0 Å². The molecule has 146 valence electrons. The minimum absolute atomic E-state index is 1.04. The second-order valence-electron chi connectivity index (χ2n) is 8.09. The largest absolute Gasteiger partial charge is 0.496 e. The first-order valence-electron chi connectivity index (χ1n) is 10.5. The van der Waals surface area contributed by atoms with Crippen LogP contribution in [0.5, 0.6) is 5.75 Å². The highest BCUT2D eigenvalue weighted by atomic mass is 16.5. The number of hydrogen-bond donors (Lipinski definition) is 0. The molecule has 1 aromatic rings. The van der Waals surface area contributed by atoms with Crippen LogP contribution < -0.4 is 4.74 Å². The molecule has 0 aromatic heterocycles. The summed E-state index contributed by atoms with van der Waals surface area (Å²) < 4.78 is 5.64. The van der Waals surface area contributed by atoms with Gasteiger partial charge >= 0.3 is 0 Å². The highest BCUT2D eigenvalue weighted by Crippen LogP contribution is 2.24. The summed E-state index contributed by atoms with van der Waals surface area (Å²) in [5.41, 5.74) is 2.83. The van der Waals surface area contributed by atoms with Crippen LogP contribution in [0.1, 0.15) is 43.2 Å². The van der Waals surface area contributed by atoms with Crippen molar-refractivity contribution in [2.75, 3.05) is 60.0 Å². The molecule has 3 rings (SSSR count). The van der Waals surface area contributed by atoms with Gasteiger partial charge in [0.2, 0.25) is 0 Å². The number of methoxy groups -OCH3 is 1. The zero-order chi connectivity index (χ0) is 18.2. The Morgan fingerprint density at radius 3 is 2.31 bits per heavy atom. The molecule has 4 nitrogen and oxygen atoms in total. The van der Waals surface area contributed by atoms with Gasteiger partial charge in [-0.05, 0) is 64.0 Å². The lowest BCUT2D eigenvalue weighted by Crippen LogP contribution is -2.44. The molecule has 0 amide bonds. The van der Waals surface area contributed by atoms with Crippen LogP contribution in [0.15, 0.2) is 18.2 Å². The Balaban J connectivity index is 1.52. The first-order chi connectivity index (χ1) is 12.7. The van der Waals surface area contributed by atoms with Crippen LogP contribution in [0.25, 0.3) is 0 Å². The normalized spacial score (nSPS) is 20.8. The SMILES string of the molecule is COc1ccc(CCCN2CCN(C)CC2)cc1CN1CCCCCC1. The minimum Gasteiger partial charge on any atom is -0.496 e. The second-order valence-corrected chi connectivity index (χ2v) is 8.09. The van der Waals surface area contributed by atoms with E-state index in [9.17, 15) is 0 Å². The maximum atomic E-state index is 5.64. The molecule has 0 unspecified atom stereocenters. The van der Waals surface area contributed by atoms with Gasteiger partial charge < -0.3 is 14.5 Å². The third-order valence-electron chi connectivity index (χ3n) is 5.97. The predicted octanol–water partition coefficient (Wildman–Crippen LogP) is 3.25. The quantitative estimate of drug-likeness (QED) is 0.744. The molecule has 0 aliphatic carbocycles. The molecule has 0 N–H and O–H groups in total. The van der Waals surface area contributed by atoms with E-state index in [4.69, 9.17) is 4.74 Å². The summed E-state index contributed by atoms with van der Waals surface area (Å²) in [7, 11) is 4.02. The summed E-state index contributed by atoms with van der Waals surface area (Å²) in [5, 5.41) is 0. The molecule has 2 fully saturated rings. The topological polar surface area (TPSA) is 19.0 Å². The van der Waals surface area contributed by atoms with Crippen molar-refractivity contribution in [2.45, 2.75) is 45.1 Å². The zero-order valence-electron chi connectivity index (χ0n) is 16.9. The van der Waals surface area contributed by atoms with Crippen LogP contribution in [0.2, 0.25) is 0 Å². The number of ether oxygens (including phenoxy) is 1. The van der Waals surface area contributed by atoms with Gasteiger partial charge in [0.1, 0.15) is 5.75 Å². The lowest BCUT2D eigenvalue weighted by Gasteiger charge is -2.32. The number of likely N-dealkylation sites (N-methyl/N-ethyl adjacent to an activating group) is 1. The van der Waals surface area contributed by atoms with Gasteiger partial charge in [-0.2, -0.15) is 0 Å². The Morgan fingerprint density at radius 1 is 0.885 bits per heavy atom. The van der Waals surface area contributed by atoms with E-state index >= 15 is 0 Å². The van der Waals surface area contributed by atoms with Crippen molar-refractivity contribution in [3.05, 3.63) is 29.3 Å². The first-order valence-corrected chi connectivity index (χ1v) is 10.5. The van der Waals surface area contributed by atoms with E-state index in [2.05, 4.69) is 39.9 Å².